The highest BCUT2D eigenvalue weighted by Gasteiger charge is 2.38. The number of hydrogen-bond acceptors (Lipinski definition) is 8. The van der Waals surface area contributed by atoms with Crippen molar-refractivity contribution in [3.8, 4) is 11.3 Å². The number of nitrogens with one attached hydrogen (secondary N) is 2. The molecule has 2 aromatic carbocycles. The van der Waals surface area contributed by atoms with E-state index in [9.17, 15) is 33.5 Å². The number of carbonyl (C=O) groups is 5. The van der Waals surface area contributed by atoms with Gasteiger partial charge in [-0.15, -0.1) is 0 Å². The summed E-state index contributed by atoms with van der Waals surface area (Å²) in [4.78, 5) is 72.0. The Bertz CT molecular complexity index is 1860. The number of aliphatic hydroxyl groups is 1. The van der Waals surface area contributed by atoms with Crippen molar-refractivity contribution in [2.45, 2.75) is 118 Å². The Balaban J connectivity index is 1.76. The van der Waals surface area contributed by atoms with Crippen LogP contribution in [0.25, 0.3) is 11.3 Å². The van der Waals surface area contributed by atoms with Crippen molar-refractivity contribution in [2.24, 2.45) is 23.2 Å². The van der Waals surface area contributed by atoms with Gasteiger partial charge < -0.3 is 30.0 Å². The van der Waals surface area contributed by atoms with Gasteiger partial charge in [0, 0.05) is 55.9 Å². The Morgan fingerprint density at radius 3 is 2.22 bits per heavy atom. The number of aliphatic hydroxyl groups excluding tert-OH is 1. The summed E-state index contributed by atoms with van der Waals surface area (Å²) in [6.07, 6.45) is 4.87. The van der Waals surface area contributed by atoms with Crippen molar-refractivity contribution in [3.63, 3.8) is 0 Å². The van der Waals surface area contributed by atoms with Gasteiger partial charge in [0.2, 0.25) is 11.8 Å². The summed E-state index contributed by atoms with van der Waals surface area (Å²) in [6, 6.07) is 11.2. The summed E-state index contributed by atoms with van der Waals surface area (Å²) in [6.45, 7) is 13.1. The first kappa shape index (κ1) is 48.7. The molecule has 3 aromatic rings. The number of ketones is 3. The van der Waals surface area contributed by atoms with E-state index in [4.69, 9.17) is 4.98 Å². The Morgan fingerprint density at radius 1 is 0.915 bits per heavy atom. The van der Waals surface area contributed by atoms with Crippen molar-refractivity contribution in [3.05, 3.63) is 77.8 Å². The van der Waals surface area contributed by atoms with E-state index in [1.165, 1.54) is 11.8 Å². The van der Waals surface area contributed by atoms with Gasteiger partial charge in [-0.05, 0) is 88.2 Å². The van der Waals surface area contributed by atoms with Crippen LogP contribution in [0, 0.1) is 34.8 Å². The first-order valence-electron chi connectivity index (χ1n) is 20.8. The summed E-state index contributed by atoms with van der Waals surface area (Å²) >= 11 is 0. The fraction of sp³-hybridized carbons (Fsp3) is 0.565. The fourth-order valence-corrected chi connectivity index (χ4v) is 7.49. The number of amides is 2. The van der Waals surface area contributed by atoms with Crippen molar-refractivity contribution in [2.75, 3.05) is 26.7 Å². The summed E-state index contributed by atoms with van der Waals surface area (Å²) in [5.41, 5.74) is 0.443. The second kappa shape index (κ2) is 23.2. The topological polar surface area (TPSA) is 151 Å². The zero-order chi connectivity index (χ0) is 43.9. The molecule has 13 heteroatoms. The lowest BCUT2D eigenvalue weighted by Crippen LogP contribution is -2.44. The van der Waals surface area contributed by atoms with Crippen LogP contribution >= 0.6 is 0 Å². The number of unbranched alkanes of at least 4 members (excludes halogenated alkanes) is 2. The highest BCUT2D eigenvalue weighted by molar-refractivity contribution is 5.93. The van der Waals surface area contributed by atoms with Crippen LogP contribution in [-0.4, -0.2) is 81.5 Å². The molecule has 324 valence electrons. The van der Waals surface area contributed by atoms with Crippen LogP contribution in [0.15, 0.2) is 54.7 Å². The molecule has 0 spiro atoms. The van der Waals surface area contributed by atoms with Crippen molar-refractivity contribution in [1.82, 2.24) is 25.1 Å². The van der Waals surface area contributed by atoms with Crippen LogP contribution in [0.3, 0.4) is 0 Å². The lowest BCUT2D eigenvalue weighted by Gasteiger charge is -2.40. The fourth-order valence-electron chi connectivity index (χ4n) is 7.49. The summed E-state index contributed by atoms with van der Waals surface area (Å²) in [5, 5.41) is 16.0. The lowest BCUT2D eigenvalue weighted by molar-refractivity contribution is -0.139. The van der Waals surface area contributed by atoms with Crippen LogP contribution < -0.4 is 10.6 Å². The maximum Gasteiger partial charge on any atom is 0.248 e. The van der Waals surface area contributed by atoms with Gasteiger partial charge in [-0.1, -0.05) is 71.4 Å². The molecule has 0 aliphatic rings. The van der Waals surface area contributed by atoms with Crippen molar-refractivity contribution < 1.29 is 37.9 Å². The quantitative estimate of drug-likeness (QED) is 0.0758. The van der Waals surface area contributed by atoms with E-state index in [0.717, 1.165) is 43.1 Å². The van der Waals surface area contributed by atoms with Gasteiger partial charge in [0.25, 0.3) is 0 Å². The van der Waals surface area contributed by atoms with E-state index in [-0.39, 0.29) is 66.2 Å². The molecule has 11 nitrogen and oxygen atoms in total. The predicted molar refractivity (Wildman–Crippen MR) is 225 cm³/mol. The number of halogens is 2. The van der Waals surface area contributed by atoms with Crippen molar-refractivity contribution >= 4 is 29.2 Å². The van der Waals surface area contributed by atoms with Crippen LogP contribution in [0.1, 0.15) is 117 Å². The smallest absolute Gasteiger partial charge is 0.248 e. The molecule has 4 atom stereocenters. The third-order valence-corrected chi connectivity index (χ3v) is 10.7. The molecule has 1 aromatic heterocycles. The second-order valence-electron chi connectivity index (χ2n) is 17.1. The molecule has 3 N–H and O–H groups in total. The number of aromatic nitrogens is 2. The minimum absolute atomic E-state index is 0.0136. The summed E-state index contributed by atoms with van der Waals surface area (Å²) in [7, 11) is 1.86. The molecule has 2 amide bonds. The zero-order valence-corrected chi connectivity index (χ0v) is 36.2. The molecule has 3 rings (SSSR count). The predicted octanol–water partition coefficient (Wildman–Crippen LogP) is 7.25. The number of Topliss-reactive ketones (excluding diaryl/α,β-unsaturated/α-hetero) is 3. The molecule has 0 saturated carbocycles. The molecular weight excluding hydrogens is 757 g/mol. The van der Waals surface area contributed by atoms with E-state index in [1.807, 2.05) is 76.6 Å². The Labute approximate surface area is 348 Å². The highest BCUT2D eigenvalue weighted by Crippen LogP contribution is 2.40. The van der Waals surface area contributed by atoms with Crippen LogP contribution in [0.4, 0.5) is 8.78 Å². The van der Waals surface area contributed by atoms with E-state index >= 15 is 4.39 Å². The first-order valence-corrected chi connectivity index (χ1v) is 20.8. The molecule has 59 heavy (non-hydrogen) atoms. The van der Waals surface area contributed by atoms with E-state index < -0.39 is 53.5 Å². The maximum absolute atomic E-state index is 15.1. The SMILES string of the molecule is CNCCCC[C@H](CC(C)=O)C(=O)C[C@H](C(=O)N[C@@H](C)C(=O)CCCCN(C(=O)CO)[C@@H](c1nc(-c2cc(F)ccc2F)cn1Cc1ccccc1)C(C)(C)C)C(C)C. The van der Waals surface area contributed by atoms with Gasteiger partial charge in [0.05, 0.1) is 17.8 Å². The third-order valence-electron chi connectivity index (χ3n) is 10.7. The lowest BCUT2D eigenvalue weighted by atomic mass is 9.83. The van der Waals surface area contributed by atoms with Gasteiger partial charge in [0.15, 0.2) is 5.78 Å². The minimum Gasteiger partial charge on any atom is -0.387 e. The number of rotatable bonds is 25. The van der Waals surface area contributed by atoms with Crippen LogP contribution in [-0.2, 0) is 30.5 Å². The number of benzene rings is 2. The average Bonchev–Trinajstić information content (AvgIpc) is 3.57. The van der Waals surface area contributed by atoms with Crippen LogP contribution in [0.2, 0.25) is 0 Å². The minimum atomic E-state index is -0.821. The number of nitrogens with zero attached hydrogens (tertiary/aromatic N) is 3. The Kier molecular flexibility index (Phi) is 19.2. The van der Waals surface area contributed by atoms with Gasteiger partial charge in [-0.25, -0.2) is 13.8 Å². The van der Waals surface area contributed by atoms with Crippen molar-refractivity contribution in [1.29, 1.82) is 0 Å². The zero-order valence-electron chi connectivity index (χ0n) is 36.2. The summed E-state index contributed by atoms with van der Waals surface area (Å²) in [5.74, 6) is -3.47. The molecule has 1 heterocycles. The standard InChI is InChI=1S/C46H65F2N5O6/c1-30(2)36(26-41(57)34(24-31(3)55)18-12-14-22-49-8)45(59)50-32(4)40(56)19-13-15-23-53(42(58)29-54)43(46(5,6)7)44-51-39(37-25-35(47)20-21-38(37)48)28-52(44)27-33-16-10-9-11-17-33/h9-11,16-17,20-21,25,28,30,32,34,36,43,49,54H,12-15,18-19,22-24,26-27,29H2,1-8H3,(H,50,59)/t32-,34+,36-,43-/m0/s1. The third kappa shape index (κ3) is 14.9. The Morgan fingerprint density at radius 2 is 1.61 bits per heavy atom. The normalized spacial score (nSPS) is 13.8. The molecule has 0 aliphatic carbocycles. The molecule has 0 bridgehead atoms. The molecule has 0 radical (unpaired) electrons. The second-order valence-corrected chi connectivity index (χ2v) is 17.1. The van der Waals surface area contributed by atoms with E-state index in [0.29, 0.717) is 31.6 Å². The number of carbonyl (C=O) groups excluding carboxylic acids is 5. The van der Waals surface area contributed by atoms with Gasteiger partial charge in [-0.2, -0.15) is 0 Å². The van der Waals surface area contributed by atoms with Crippen LogP contribution in [0.5, 0.6) is 0 Å². The molecule has 0 fully saturated rings. The first-order chi connectivity index (χ1) is 27.9. The van der Waals surface area contributed by atoms with Gasteiger partial charge >= 0.3 is 0 Å². The monoisotopic (exact) mass is 821 g/mol. The van der Waals surface area contributed by atoms with E-state index in [1.54, 1.807) is 13.1 Å². The number of hydrogen-bond donors (Lipinski definition) is 3. The number of imidazole rings is 1. The molecule has 0 aliphatic heterocycles. The van der Waals surface area contributed by atoms with Gasteiger partial charge in [-0.3, -0.25) is 19.2 Å². The summed E-state index contributed by atoms with van der Waals surface area (Å²) < 4.78 is 31.2. The Hall–Kier alpha value is -4.62. The molecule has 0 unspecified atom stereocenters. The largest absolute Gasteiger partial charge is 0.387 e. The highest BCUT2D eigenvalue weighted by atomic mass is 19.1. The van der Waals surface area contributed by atoms with Gasteiger partial charge in [0.1, 0.15) is 35.6 Å². The molecular formula is C46H65F2N5O6. The average molecular weight is 822 g/mol. The maximum atomic E-state index is 15.1. The van der Waals surface area contributed by atoms with E-state index in [2.05, 4.69) is 10.6 Å². The molecule has 0 saturated heterocycles.